The average molecular weight is 354 g/mol. The fraction of sp³-hybridized carbons (Fsp3) is 0.188. The van der Waals surface area contributed by atoms with Crippen LogP contribution in [0.3, 0.4) is 0 Å². The molecule has 2 aromatic rings. The zero-order valence-electron chi connectivity index (χ0n) is 11.2. The van der Waals surface area contributed by atoms with E-state index in [1.807, 2.05) is 13.8 Å². The molecule has 20 heavy (non-hydrogen) atoms. The van der Waals surface area contributed by atoms with Crippen molar-refractivity contribution in [3.05, 3.63) is 63.1 Å². The van der Waals surface area contributed by atoms with Crippen molar-refractivity contribution in [3.8, 4) is 5.75 Å². The molecule has 0 spiro atoms. The van der Waals surface area contributed by atoms with Crippen molar-refractivity contribution in [2.75, 3.05) is 0 Å². The Hall–Kier alpha value is -1.32. The van der Waals surface area contributed by atoms with Crippen molar-refractivity contribution in [3.63, 3.8) is 0 Å². The van der Waals surface area contributed by atoms with E-state index in [-0.39, 0.29) is 11.9 Å². The fourth-order valence-electron chi connectivity index (χ4n) is 1.79. The lowest BCUT2D eigenvalue weighted by atomic mass is 10.0. The second kappa shape index (κ2) is 6.42. The molecule has 0 aliphatic rings. The number of ether oxygens (including phenoxy) is 1. The SMILES string of the molecule is CC(C)Oc1ccc(C(=O)c2ccc(Cl)cc2Br)cc1. The van der Waals surface area contributed by atoms with E-state index in [4.69, 9.17) is 16.3 Å². The van der Waals surface area contributed by atoms with Gasteiger partial charge in [0.1, 0.15) is 5.75 Å². The highest BCUT2D eigenvalue weighted by Crippen LogP contribution is 2.24. The second-order valence-electron chi connectivity index (χ2n) is 4.64. The van der Waals surface area contributed by atoms with Crippen molar-refractivity contribution in [2.24, 2.45) is 0 Å². The summed E-state index contributed by atoms with van der Waals surface area (Å²) < 4.78 is 6.25. The molecule has 2 aromatic carbocycles. The summed E-state index contributed by atoms with van der Waals surface area (Å²) in [6.45, 7) is 3.92. The smallest absolute Gasteiger partial charge is 0.194 e. The predicted molar refractivity (Wildman–Crippen MR) is 84.8 cm³/mol. The molecule has 0 heterocycles. The van der Waals surface area contributed by atoms with Crippen LogP contribution in [0.15, 0.2) is 46.9 Å². The van der Waals surface area contributed by atoms with E-state index in [9.17, 15) is 4.79 Å². The molecule has 0 N–H and O–H groups in total. The standard InChI is InChI=1S/C16H14BrClO2/c1-10(2)20-13-6-3-11(4-7-13)16(19)14-8-5-12(18)9-15(14)17/h3-10H,1-2H3. The molecule has 2 rings (SSSR count). The maximum Gasteiger partial charge on any atom is 0.194 e. The van der Waals surface area contributed by atoms with E-state index in [0.717, 1.165) is 5.75 Å². The molecule has 0 saturated heterocycles. The highest BCUT2D eigenvalue weighted by Gasteiger charge is 2.13. The predicted octanol–water partition coefficient (Wildman–Crippen LogP) is 5.12. The summed E-state index contributed by atoms with van der Waals surface area (Å²) >= 11 is 9.24. The Morgan fingerprint density at radius 1 is 1.15 bits per heavy atom. The first-order valence-electron chi connectivity index (χ1n) is 6.24. The third kappa shape index (κ3) is 3.62. The van der Waals surface area contributed by atoms with Gasteiger partial charge in [-0.1, -0.05) is 11.6 Å². The fourth-order valence-corrected chi connectivity index (χ4v) is 2.65. The Bertz CT molecular complexity index is 621. The highest BCUT2D eigenvalue weighted by atomic mass is 79.9. The van der Waals surface area contributed by atoms with Gasteiger partial charge < -0.3 is 4.74 Å². The van der Waals surface area contributed by atoms with Crippen molar-refractivity contribution in [1.82, 2.24) is 0 Å². The largest absolute Gasteiger partial charge is 0.491 e. The minimum absolute atomic E-state index is 0.0513. The van der Waals surface area contributed by atoms with Crippen LogP contribution in [0.1, 0.15) is 29.8 Å². The van der Waals surface area contributed by atoms with Gasteiger partial charge >= 0.3 is 0 Å². The number of carbonyl (C=O) groups excluding carboxylic acids is 1. The third-order valence-corrected chi connectivity index (χ3v) is 3.56. The van der Waals surface area contributed by atoms with Gasteiger partial charge in [0, 0.05) is 20.6 Å². The van der Waals surface area contributed by atoms with Crippen LogP contribution in [0.5, 0.6) is 5.75 Å². The number of hydrogen-bond donors (Lipinski definition) is 0. The first-order chi connectivity index (χ1) is 9.47. The first kappa shape index (κ1) is 15.1. The van der Waals surface area contributed by atoms with E-state index in [0.29, 0.717) is 20.6 Å². The highest BCUT2D eigenvalue weighted by molar-refractivity contribution is 9.10. The number of hydrogen-bond acceptors (Lipinski definition) is 2. The molecular weight excluding hydrogens is 340 g/mol. The second-order valence-corrected chi connectivity index (χ2v) is 5.94. The normalized spacial score (nSPS) is 10.7. The summed E-state index contributed by atoms with van der Waals surface area (Å²) in [6, 6.07) is 12.3. The van der Waals surface area contributed by atoms with Crippen molar-refractivity contribution in [2.45, 2.75) is 20.0 Å². The molecule has 0 unspecified atom stereocenters. The maximum atomic E-state index is 12.4. The Morgan fingerprint density at radius 3 is 2.35 bits per heavy atom. The lowest BCUT2D eigenvalue weighted by Gasteiger charge is -2.10. The summed E-state index contributed by atoms with van der Waals surface area (Å²) in [6.07, 6.45) is 0.113. The Morgan fingerprint density at radius 2 is 1.80 bits per heavy atom. The van der Waals surface area contributed by atoms with Gasteiger partial charge in [-0.25, -0.2) is 0 Å². The topological polar surface area (TPSA) is 26.3 Å². The summed E-state index contributed by atoms with van der Waals surface area (Å²) in [5, 5.41) is 0.592. The Balaban J connectivity index is 2.25. The Labute approximate surface area is 131 Å². The lowest BCUT2D eigenvalue weighted by Crippen LogP contribution is -2.06. The van der Waals surface area contributed by atoms with Gasteiger partial charge in [-0.3, -0.25) is 4.79 Å². The van der Waals surface area contributed by atoms with E-state index >= 15 is 0 Å². The summed E-state index contributed by atoms with van der Waals surface area (Å²) in [7, 11) is 0. The summed E-state index contributed by atoms with van der Waals surface area (Å²) in [5.41, 5.74) is 1.20. The van der Waals surface area contributed by atoms with Crippen LogP contribution in [0.25, 0.3) is 0 Å². The Kier molecular flexibility index (Phi) is 4.84. The molecule has 0 aliphatic heterocycles. The van der Waals surface area contributed by atoms with E-state index < -0.39 is 0 Å². The molecular formula is C16H14BrClO2. The van der Waals surface area contributed by atoms with Crippen molar-refractivity contribution in [1.29, 1.82) is 0 Å². The van der Waals surface area contributed by atoms with Crippen LogP contribution in [-0.4, -0.2) is 11.9 Å². The van der Waals surface area contributed by atoms with E-state index in [1.165, 1.54) is 0 Å². The van der Waals surface area contributed by atoms with Crippen LogP contribution in [-0.2, 0) is 0 Å². The van der Waals surface area contributed by atoms with Gasteiger partial charge in [0.15, 0.2) is 5.78 Å². The molecule has 0 amide bonds. The third-order valence-electron chi connectivity index (χ3n) is 2.66. The summed E-state index contributed by atoms with van der Waals surface area (Å²) in [4.78, 5) is 12.4. The summed E-state index contributed by atoms with van der Waals surface area (Å²) in [5.74, 6) is 0.705. The molecule has 0 aromatic heterocycles. The molecule has 104 valence electrons. The molecule has 0 radical (unpaired) electrons. The number of carbonyl (C=O) groups is 1. The van der Waals surface area contributed by atoms with Gasteiger partial charge in [-0.15, -0.1) is 0 Å². The van der Waals surface area contributed by atoms with Crippen LogP contribution < -0.4 is 4.74 Å². The quantitative estimate of drug-likeness (QED) is 0.713. The van der Waals surface area contributed by atoms with Crippen LogP contribution >= 0.6 is 27.5 Å². The molecule has 0 aliphatic carbocycles. The number of ketones is 1. The minimum atomic E-state index is -0.0513. The molecule has 4 heteroatoms. The zero-order chi connectivity index (χ0) is 14.7. The maximum absolute atomic E-state index is 12.4. The molecule has 0 atom stereocenters. The van der Waals surface area contributed by atoms with Crippen LogP contribution in [0.4, 0.5) is 0 Å². The minimum Gasteiger partial charge on any atom is -0.491 e. The zero-order valence-corrected chi connectivity index (χ0v) is 13.5. The molecule has 0 saturated carbocycles. The molecule has 0 fully saturated rings. The van der Waals surface area contributed by atoms with Gasteiger partial charge in [0.05, 0.1) is 6.10 Å². The average Bonchev–Trinajstić information content (AvgIpc) is 2.38. The van der Waals surface area contributed by atoms with E-state index in [1.54, 1.807) is 42.5 Å². The van der Waals surface area contributed by atoms with Gasteiger partial charge in [0.25, 0.3) is 0 Å². The van der Waals surface area contributed by atoms with Crippen molar-refractivity contribution < 1.29 is 9.53 Å². The van der Waals surface area contributed by atoms with Crippen molar-refractivity contribution >= 4 is 33.3 Å². The van der Waals surface area contributed by atoms with Crippen LogP contribution in [0, 0.1) is 0 Å². The monoisotopic (exact) mass is 352 g/mol. The molecule has 0 bridgehead atoms. The first-order valence-corrected chi connectivity index (χ1v) is 7.41. The van der Waals surface area contributed by atoms with Gasteiger partial charge in [-0.05, 0) is 72.2 Å². The van der Waals surface area contributed by atoms with Crippen LogP contribution in [0.2, 0.25) is 5.02 Å². The van der Waals surface area contributed by atoms with E-state index in [2.05, 4.69) is 15.9 Å². The molecule has 2 nitrogen and oxygen atoms in total. The van der Waals surface area contributed by atoms with Gasteiger partial charge in [-0.2, -0.15) is 0 Å². The number of benzene rings is 2. The lowest BCUT2D eigenvalue weighted by molar-refractivity contribution is 0.103. The van der Waals surface area contributed by atoms with Gasteiger partial charge in [0.2, 0.25) is 0 Å². The number of rotatable bonds is 4. The number of halogens is 2.